The van der Waals surface area contributed by atoms with Gasteiger partial charge in [-0.2, -0.15) is 0 Å². The van der Waals surface area contributed by atoms with Gasteiger partial charge >= 0.3 is 0 Å². The molecule has 0 fully saturated rings. The summed E-state index contributed by atoms with van der Waals surface area (Å²) >= 11 is 9.15. The van der Waals surface area contributed by atoms with Crippen LogP contribution in [0.3, 0.4) is 0 Å². The fourth-order valence-corrected chi connectivity index (χ4v) is 2.29. The number of benzene rings is 1. The first-order valence-electron chi connectivity index (χ1n) is 5.83. The molecular formula is C14H13BrClFN2. The van der Waals surface area contributed by atoms with Crippen LogP contribution in [-0.2, 0) is 6.42 Å². The molecule has 1 aromatic heterocycles. The minimum atomic E-state index is -0.395. The molecule has 2 aromatic rings. The van der Waals surface area contributed by atoms with Crippen LogP contribution in [0.4, 0.5) is 4.39 Å². The second-order valence-electron chi connectivity index (χ2n) is 4.20. The molecular weight excluding hydrogens is 331 g/mol. The molecule has 0 aliphatic rings. The van der Waals surface area contributed by atoms with E-state index in [0.29, 0.717) is 6.42 Å². The number of halogens is 3. The summed E-state index contributed by atoms with van der Waals surface area (Å²) in [6.45, 7) is 0. The summed E-state index contributed by atoms with van der Waals surface area (Å²) in [7, 11) is 1.87. The summed E-state index contributed by atoms with van der Waals surface area (Å²) < 4.78 is 14.1. The van der Waals surface area contributed by atoms with Crippen molar-refractivity contribution in [1.29, 1.82) is 0 Å². The summed E-state index contributed by atoms with van der Waals surface area (Å²) in [5.41, 5.74) is 1.90. The number of aromatic nitrogens is 1. The van der Waals surface area contributed by atoms with Crippen LogP contribution >= 0.6 is 27.5 Å². The van der Waals surface area contributed by atoms with Crippen molar-refractivity contribution in [3.05, 3.63) is 63.1 Å². The molecule has 0 spiro atoms. The Balaban J connectivity index is 2.18. The topological polar surface area (TPSA) is 24.9 Å². The first-order chi connectivity index (χ1) is 9.10. The van der Waals surface area contributed by atoms with Crippen LogP contribution in [0.2, 0.25) is 5.02 Å². The zero-order chi connectivity index (χ0) is 13.8. The van der Waals surface area contributed by atoms with Gasteiger partial charge in [-0.1, -0.05) is 17.7 Å². The molecule has 0 amide bonds. The second-order valence-corrected chi connectivity index (χ2v) is 5.52. The molecule has 5 heteroatoms. The molecule has 0 bridgehead atoms. The van der Waals surface area contributed by atoms with Gasteiger partial charge < -0.3 is 5.32 Å². The zero-order valence-electron chi connectivity index (χ0n) is 10.3. The van der Waals surface area contributed by atoms with Crippen molar-refractivity contribution < 1.29 is 4.39 Å². The fourth-order valence-electron chi connectivity index (χ4n) is 1.85. The number of nitrogens with zero attached hydrogens (tertiary/aromatic N) is 1. The zero-order valence-corrected chi connectivity index (χ0v) is 12.7. The molecule has 0 radical (unpaired) electrons. The van der Waals surface area contributed by atoms with Gasteiger partial charge in [0.05, 0.1) is 16.8 Å². The predicted molar refractivity (Wildman–Crippen MR) is 78.9 cm³/mol. The Labute approximate surface area is 125 Å². The summed E-state index contributed by atoms with van der Waals surface area (Å²) in [6.07, 6.45) is 2.46. The molecule has 2 nitrogen and oxygen atoms in total. The van der Waals surface area contributed by atoms with Crippen molar-refractivity contribution in [2.45, 2.75) is 12.5 Å². The van der Waals surface area contributed by atoms with Crippen molar-refractivity contribution in [3.8, 4) is 0 Å². The van der Waals surface area contributed by atoms with Crippen LogP contribution < -0.4 is 5.32 Å². The van der Waals surface area contributed by atoms with E-state index in [0.717, 1.165) is 15.7 Å². The molecule has 1 atom stereocenters. The van der Waals surface area contributed by atoms with E-state index >= 15 is 0 Å². The first-order valence-corrected chi connectivity index (χ1v) is 7.00. The van der Waals surface area contributed by atoms with Gasteiger partial charge in [-0.15, -0.1) is 0 Å². The highest BCUT2D eigenvalue weighted by atomic mass is 79.9. The van der Waals surface area contributed by atoms with Gasteiger partial charge in [0.1, 0.15) is 5.82 Å². The Morgan fingerprint density at radius 2 is 2.16 bits per heavy atom. The first kappa shape index (κ1) is 14.4. The highest BCUT2D eigenvalue weighted by Crippen LogP contribution is 2.21. The van der Waals surface area contributed by atoms with Gasteiger partial charge in [-0.3, -0.25) is 4.98 Å². The summed E-state index contributed by atoms with van der Waals surface area (Å²) in [5.74, 6) is -0.395. The number of rotatable bonds is 4. The molecule has 2 rings (SSSR count). The van der Waals surface area contributed by atoms with E-state index in [2.05, 4.69) is 26.2 Å². The Morgan fingerprint density at radius 1 is 1.37 bits per heavy atom. The third-order valence-electron chi connectivity index (χ3n) is 2.88. The van der Waals surface area contributed by atoms with Gasteiger partial charge in [0, 0.05) is 10.7 Å². The third-order valence-corrected chi connectivity index (χ3v) is 3.64. The lowest BCUT2D eigenvalue weighted by atomic mass is 10.0. The highest BCUT2D eigenvalue weighted by Gasteiger charge is 2.12. The molecule has 19 heavy (non-hydrogen) atoms. The van der Waals surface area contributed by atoms with Crippen LogP contribution in [0, 0.1) is 5.82 Å². The largest absolute Gasteiger partial charge is 0.311 e. The lowest BCUT2D eigenvalue weighted by Crippen LogP contribution is -2.20. The van der Waals surface area contributed by atoms with Gasteiger partial charge in [0.2, 0.25) is 0 Å². The molecule has 100 valence electrons. The van der Waals surface area contributed by atoms with Crippen LogP contribution in [0.1, 0.15) is 17.3 Å². The van der Waals surface area contributed by atoms with E-state index in [-0.39, 0.29) is 11.1 Å². The van der Waals surface area contributed by atoms with Gasteiger partial charge in [-0.05, 0) is 59.2 Å². The van der Waals surface area contributed by atoms with E-state index in [1.54, 1.807) is 18.3 Å². The normalized spacial score (nSPS) is 12.4. The van der Waals surface area contributed by atoms with E-state index in [9.17, 15) is 4.39 Å². The van der Waals surface area contributed by atoms with E-state index in [1.165, 1.54) is 6.07 Å². The fraction of sp³-hybridized carbons (Fsp3) is 0.214. The van der Waals surface area contributed by atoms with Crippen LogP contribution in [0.15, 0.2) is 41.0 Å². The Morgan fingerprint density at radius 3 is 2.74 bits per heavy atom. The molecule has 0 saturated heterocycles. The lowest BCUT2D eigenvalue weighted by Gasteiger charge is -2.16. The molecule has 1 heterocycles. The Kier molecular flexibility index (Phi) is 4.91. The van der Waals surface area contributed by atoms with Crippen LogP contribution in [-0.4, -0.2) is 12.0 Å². The summed E-state index contributed by atoms with van der Waals surface area (Å²) in [4.78, 5) is 4.37. The van der Waals surface area contributed by atoms with Crippen molar-refractivity contribution in [3.63, 3.8) is 0 Å². The predicted octanol–water partition coefficient (Wildman–Crippen LogP) is 4.14. The Hall–Kier alpha value is -0.970. The highest BCUT2D eigenvalue weighted by molar-refractivity contribution is 9.10. The Bertz CT molecular complexity index is 560. The number of likely N-dealkylation sites (N-methyl/N-ethyl adjacent to an activating group) is 1. The van der Waals surface area contributed by atoms with Crippen molar-refractivity contribution in [2.75, 3.05) is 7.05 Å². The van der Waals surface area contributed by atoms with E-state index < -0.39 is 5.82 Å². The van der Waals surface area contributed by atoms with Crippen LogP contribution in [0.25, 0.3) is 0 Å². The monoisotopic (exact) mass is 342 g/mol. The van der Waals surface area contributed by atoms with Gasteiger partial charge in [0.25, 0.3) is 0 Å². The quantitative estimate of drug-likeness (QED) is 0.902. The standard InChI is InChI=1S/C14H13BrClFN2/c1-18-14(13-5-3-10(15)8-19-13)7-9-2-4-12(17)11(16)6-9/h2-6,8,14,18H,7H2,1H3. The van der Waals surface area contributed by atoms with Crippen molar-refractivity contribution >= 4 is 27.5 Å². The summed E-state index contributed by atoms with van der Waals surface area (Å²) in [5, 5.41) is 3.35. The molecule has 0 aliphatic carbocycles. The summed E-state index contributed by atoms with van der Waals surface area (Å²) in [6, 6.07) is 8.75. The van der Waals surface area contributed by atoms with Crippen LogP contribution in [0.5, 0.6) is 0 Å². The van der Waals surface area contributed by atoms with E-state index in [1.807, 2.05) is 19.2 Å². The molecule has 1 aromatic carbocycles. The van der Waals surface area contributed by atoms with Gasteiger partial charge in [-0.25, -0.2) is 4.39 Å². The number of hydrogen-bond acceptors (Lipinski definition) is 2. The number of nitrogens with one attached hydrogen (secondary N) is 1. The van der Waals surface area contributed by atoms with Gasteiger partial charge in [0.15, 0.2) is 0 Å². The van der Waals surface area contributed by atoms with Crippen molar-refractivity contribution in [2.24, 2.45) is 0 Å². The number of hydrogen-bond donors (Lipinski definition) is 1. The minimum absolute atomic E-state index is 0.0645. The molecule has 1 N–H and O–H groups in total. The average molecular weight is 344 g/mol. The molecule has 0 aliphatic heterocycles. The number of pyridine rings is 1. The molecule has 0 saturated carbocycles. The average Bonchev–Trinajstić information content (AvgIpc) is 2.41. The maximum atomic E-state index is 13.1. The maximum absolute atomic E-state index is 13.1. The molecule has 1 unspecified atom stereocenters. The van der Waals surface area contributed by atoms with E-state index in [4.69, 9.17) is 11.6 Å². The smallest absolute Gasteiger partial charge is 0.141 e. The second kappa shape index (κ2) is 6.46. The lowest BCUT2D eigenvalue weighted by molar-refractivity contribution is 0.574. The maximum Gasteiger partial charge on any atom is 0.141 e. The van der Waals surface area contributed by atoms with Crippen molar-refractivity contribution in [1.82, 2.24) is 10.3 Å². The minimum Gasteiger partial charge on any atom is -0.311 e. The third kappa shape index (κ3) is 3.75. The SMILES string of the molecule is CNC(Cc1ccc(F)c(Cl)c1)c1ccc(Br)cn1.